The lowest BCUT2D eigenvalue weighted by molar-refractivity contribution is -0.384. The zero-order chi connectivity index (χ0) is 16.1. The fourth-order valence-electron chi connectivity index (χ4n) is 1.80. The normalized spacial score (nSPS) is 10.3. The predicted molar refractivity (Wildman–Crippen MR) is 85.0 cm³/mol. The molecule has 1 aromatic heterocycles. The first-order chi connectivity index (χ1) is 10.5. The summed E-state index contributed by atoms with van der Waals surface area (Å²) in [5, 5.41) is 13.4. The Kier molecular flexibility index (Phi) is 5.35. The molecule has 0 atom stereocenters. The Morgan fingerprint density at radius 2 is 2.09 bits per heavy atom. The number of halogens is 1. The number of carbonyl (C=O) groups is 1. The van der Waals surface area contributed by atoms with E-state index in [0.717, 1.165) is 22.6 Å². The van der Waals surface area contributed by atoms with Crippen LogP contribution in [0.15, 0.2) is 30.3 Å². The fourth-order valence-corrected chi connectivity index (χ4v) is 2.93. The molecular weight excluding hydrogens is 328 g/mol. The van der Waals surface area contributed by atoms with Crippen molar-refractivity contribution in [3.8, 4) is 5.75 Å². The highest BCUT2D eigenvalue weighted by Crippen LogP contribution is 2.33. The van der Waals surface area contributed by atoms with E-state index in [-0.39, 0.29) is 20.8 Å². The van der Waals surface area contributed by atoms with Gasteiger partial charge in [0.05, 0.1) is 12.0 Å². The number of thiophene rings is 1. The van der Waals surface area contributed by atoms with E-state index in [4.69, 9.17) is 16.3 Å². The molecule has 1 aromatic carbocycles. The number of benzene rings is 1. The van der Waals surface area contributed by atoms with Crippen molar-refractivity contribution < 1.29 is 14.5 Å². The van der Waals surface area contributed by atoms with Gasteiger partial charge in [0.2, 0.25) is 0 Å². The van der Waals surface area contributed by atoms with Crippen LogP contribution < -0.4 is 10.1 Å². The lowest BCUT2D eigenvalue weighted by Crippen LogP contribution is -2.24. The number of carbonyl (C=O) groups excluding carboxylic acids is 1. The quantitative estimate of drug-likeness (QED) is 0.646. The second-order valence-electron chi connectivity index (χ2n) is 4.38. The van der Waals surface area contributed by atoms with E-state index >= 15 is 0 Å². The number of hydrogen-bond acceptors (Lipinski definition) is 5. The van der Waals surface area contributed by atoms with Gasteiger partial charge >= 0.3 is 0 Å². The number of hydrogen-bond donors (Lipinski definition) is 1. The molecule has 0 fully saturated rings. The molecule has 1 amide bonds. The van der Waals surface area contributed by atoms with E-state index in [1.807, 2.05) is 24.3 Å². The van der Waals surface area contributed by atoms with Crippen LogP contribution in [0.4, 0.5) is 5.69 Å². The minimum absolute atomic E-state index is 0.00491. The summed E-state index contributed by atoms with van der Waals surface area (Å²) in [5.74, 6) is 0.404. The maximum Gasteiger partial charge on any atom is 0.299 e. The van der Waals surface area contributed by atoms with E-state index in [1.165, 1.54) is 6.07 Å². The standard InChI is InChI=1S/C14H13ClN2O4S/c1-21-10-4-2-9(3-5-10)6-7-16-14(18)12-8-11(17(19)20)13(15)22-12/h2-5,8H,6-7H2,1H3,(H,16,18). The molecule has 0 aliphatic carbocycles. The van der Waals surface area contributed by atoms with Crippen molar-refractivity contribution in [2.24, 2.45) is 0 Å². The Morgan fingerprint density at radius 1 is 1.41 bits per heavy atom. The van der Waals surface area contributed by atoms with Gasteiger partial charge in [-0.05, 0) is 24.1 Å². The molecular formula is C14H13ClN2O4S. The van der Waals surface area contributed by atoms with Gasteiger partial charge in [0, 0.05) is 12.6 Å². The molecule has 2 aromatic rings. The molecule has 1 N–H and O–H groups in total. The summed E-state index contributed by atoms with van der Waals surface area (Å²) in [7, 11) is 1.60. The summed E-state index contributed by atoms with van der Waals surface area (Å²) in [6.07, 6.45) is 0.650. The Morgan fingerprint density at radius 3 is 2.64 bits per heavy atom. The van der Waals surface area contributed by atoms with E-state index in [9.17, 15) is 14.9 Å². The van der Waals surface area contributed by atoms with Crippen LogP contribution in [0.25, 0.3) is 0 Å². The Hall–Kier alpha value is -2.12. The van der Waals surface area contributed by atoms with E-state index in [2.05, 4.69) is 5.32 Å². The van der Waals surface area contributed by atoms with Gasteiger partial charge in [-0.2, -0.15) is 0 Å². The van der Waals surface area contributed by atoms with Gasteiger partial charge in [-0.1, -0.05) is 23.7 Å². The van der Waals surface area contributed by atoms with Crippen LogP contribution in [0.2, 0.25) is 4.34 Å². The lowest BCUT2D eigenvalue weighted by Gasteiger charge is -2.05. The van der Waals surface area contributed by atoms with Crippen LogP contribution in [0.1, 0.15) is 15.2 Å². The third-order valence-corrected chi connectivity index (χ3v) is 4.28. The summed E-state index contributed by atoms with van der Waals surface area (Å²) >= 11 is 6.62. The van der Waals surface area contributed by atoms with Gasteiger partial charge in [-0.25, -0.2) is 0 Å². The summed E-state index contributed by atoms with van der Waals surface area (Å²) in [6.45, 7) is 0.425. The molecule has 116 valence electrons. The number of methoxy groups -OCH3 is 1. The largest absolute Gasteiger partial charge is 0.497 e. The zero-order valence-electron chi connectivity index (χ0n) is 11.7. The molecule has 0 aliphatic heterocycles. The summed E-state index contributed by atoms with van der Waals surface area (Å²) < 4.78 is 5.07. The SMILES string of the molecule is COc1ccc(CCNC(=O)c2cc([N+](=O)[O-])c(Cl)s2)cc1. The van der Waals surface area contributed by atoms with Crippen LogP contribution in [0, 0.1) is 10.1 Å². The number of nitro groups is 1. The number of amides is 1. The number of nitrogens with one attached hydrogen (secondary N) is 1. The van der Waals surface area contributed by atoms with Gasteiger partial charge in [-0.3, -0.25) is 14.9 Å². The first-order valence-corrected chi connectivity index (χ1v) is 7.55. The molecule has 1 heterocycles. The van der Waals surface area contributed by atoms with Crippen molar-refractivity contribution in [3.05, 3.63) is 55.2 Å². The molecule has 0 aliphatic rings. The molecule has 6 nitrogen and oxygen atoms in total. The second-order valence-corrected chi connectivity index (χ2v) is 6.03. The van der Waals surface area contributed by atoms with Gasteiger partial charge < -0.3 is 10.1 Å². The van der Waals surface area contributed by atoms with Crippen LogP contribution in [0.3, 0.4) is 0 Å². The molecule has 0 saturated heterocycles. The minimum atomic E-state index is -0.604. The van der Waals surface area contributed by atoms with Crippen molar-refractivity contribution >= 4 is 34.5 Å². The third-order valence-electron chi connectivity index (χ3n) is 2.95. The van der Waals surface area contributed by atoms with Gasteiger partial charge in [0.25, 0.3) is 11.6 Å². The minimum Gasteiger partial charge on any atom is -0.497 e. The molecule has 8 heteroatoms. The third kappa shape index (κ3) is 3.96. The fraction of sp³-hybridized carbons (Fsp3) is 0.214. The first kappa shape index (κ1) is 16.3. The van der Waals surface area contributed by atoms with E-state index in [0.29, 0.717) is 13.0 Å². The van der Waals surface area contributed by atoms with Crippen molar-refractivity contribution in [2.75, 3.05) is 13.7 Å². The first-order valence-electron chi connectivity index (χ1n) is 6.36. The van der Waals surface area contributed by atoms with Gasteiger partial charge in [0.15, 0.2) is 4.34 Å². The molecule has 0 radical (unpaired) electrons. The Bertz CT molecular complexity index is 685. The predicted octanol–water partition coefficient (Wildman–Crippen LogP) is 3.29. The van der Waals surface area contributed by atoms with Crippen LogP contribution in [0.5, 0.6) is 5.75 Å². The molecule has 0 bridgehead atoms. The molecule has 0 spiro atoms. The molecule has 22 heavy (non-hydrogen) atoms. The highest BCUT2D eigenvalue weighted by atomic mass is 35.5. The highest BCUT2D eigenvalue weighted by Gasteiger charge is 2.20. The zero-order valence-corrected chi connectivity index (χ0v) is 13.2. The molecule has 0 saturated carbocycles. The van der Waals surface area contributed by atoms with Crippen molar-refractivity contribution in [1.82, 2.24) is 5.32 Å². The average Bonchev–Trinajstić information content (AvgIpc) is 2.90. The van der Waals surface area contributed by atoms with Crippen LogP contribution in [-0.4, -0.2) is 24.5 Å². The maximum absolute atomic E-state index is 11.9. The van der Waals surface area contributed by atoms with Crippen molar-refractivity contribution in [3.63, 3.8) is 0 Å². The number of nitrogens with zero attached hydrogens (tertiary/aromatic N) is 1. The summed E-state index contributed by atoms with van der Waals surface area (Å²) in [5.41, 5.74) is 0.809. The van der Waals surface area contributed by atoms with Crippen molar-refractivity contribution in [2.45, 2.75) is 6.42 Å². The topological polar surface area (TPSA) is 81.5 Å². The molecule has 2 rings (SSSR count). The molecule has 0 unspecified atom stereocenters. The van der Waals surface area contributed by atoms with Crippen LogP contribution in [-0.2, 0) is 6.42 Å². The lowest BCUT2D eigenvalue weighted by atomic mass is 10.1. The smallest absolute Gasteiger partial charge is 0.299 e. The maximum atomic E-state index is 11.9. The van der Waals surface area contributed by atoms with Gasteiger partial charge in [-0.15, -0.1) is 11.3 Å². The summed E-state index contributed by atoms with van der Waals surface area (Å²) in [4.78, 5) is 22.2. The number of ether oxygens (including phenoxy) is 1. The van der Waals surface area contributed by atoms with Gasteiger partial charge in [0.1, 0.15) is 10.6 Å². The number of rotatable bonds is 6. The summed E-state index contributed by atoms with van der Waals surface area (Å²) in [6, 6.07) is 8.71. The van der Waals surface area contributed by atoms with Crippen molar-refractivity contribution in [1.29, 1.82) is 0 Å². The van der Waals surface area contributed by atoms with E-state index < -0.39 is 4.92 Å². The highest BCUT2D eigenvalue weighted by molar-refractivity contribution is 7.18. The Balaban J connectivity index is 1.89. The second kappa shape index (κ2) is 7.24. The van der Waals surface area contributed by atoms with Crippen LogP contribution >= 0.6 is 22.9 Å². The monoisotopic (exact) mass is 340 g/mol. The van der Waals surface area contributed by atoms with E-state index in [1.54, 1.807) is 7.11 Å². The average molecular weight is 341 g/mol. The Labute approximate surface area is 135 Å².